The summed E-state index contributed by atoms with van der Waals surface area (Å²) in [6, 6.07) is 6.37. The number of aromatic nitrogens is 2. The summed E-state index contributed by atoms with van der Waals surface area (Å²) in [6.45, 7) is 0.874. The molecule has 1 aromatic carbocycles. The van der Waals surface area contributed by atoms with Crippen molar-refractivity contribution in [1.29, 1.82) is 0 Å². The van der Waals surface area contributed by atoms with Crippen molar-refractivity contribution in [2.24, 2.45) is 0 Å². The van der Waals surface area contributed by atoms with Gasteiger partial charge in [-0.3, -0.25) is 0 Å². The number of nitrogens with zero attached hydrogens (tertiary/aromatic N) is 2. The van der Waals surface area contributed by atoms with E-state index < -0.39 is 0 Å². The molecule has 0 atom stereocenters. The lowest BCUT2D eigenvalue weighted by Gasteiger charge is -2.05. The third-order valence-electron chi connectivity index (χ3n) is 2.14. The summed E-state index contributed by atoms with van der Waals surface area (Å²) < 4.78 is 3.07. The molecule has 0 aliphatic carbocycles. The maximum absolute atomic E-state index is 4.16. The van der Waals surface area contributed by atoms with Gasteiger partial charge in [-0.05, 0) is 46.9 Å². The first kappa shape index (κ1) is 14.3. The Morgan fingerprint density at radius 3 is 2.72 bits per heavy atom. The molecule has 0 saturated carbocycles. The molecule has 96 valence electrons. The van der Waals surface area contributed by atoms with Gasteiger partial charge in [-0.15, -0.1) is 10.2 Å². The number of hydrogen-bond donors (Lipinski definition) is 1. The highest BCUT2D eigenvalue weighted by Gasteiger charge is 2.08. The Bertz CT molecular complexity index is 530. The Hall–Kier alpha value is -0.0800. The molecule has 0 fully saturated rings. The zero-order valence-corrected chi connectivity index (χ0v) is 14.0. The smallest absolute Gasteiger partial charge is 0.179 e. The van der Waals surface area contributed by atoms with Crippen molar-refractivity contribution in [1.82, 2.24) is 15.5 Å². The second kappa shape index (κ2) is 6.91. The third kappa shape index (κ3) is 3.71. The number of rotatable bonds is 5. The van der Waals surface area contributed by atoms with E-state index in [4.69, 9.17) is 0 Å². The van der Waals surface area contributed by atoms with Crippen LogP contribution in [-0.2, 0) is 6.54 Å². The van der Waals surface area contributed by atoms with E-state index in [1.807, 2.05) is 13.3 Å². The van der Waals surface area contributed by atoms with Crippen LogP contribution in [0.4, 0.5) is 0 Å². The first-order valence-electron chi connectivity index (χ1n) is 5.21. The van der Waals surface area contributed by atoms with Crippen molar-refractivity contribution in [2.75, 3.05) is 13.3 Å². The molecule has 0 aliphatic rings. The van der Waals surface area contributed by atoms with E-state index in [0.717, 1.165) is 19.7 Å². The van der Waals surface area contributed by atoms with Gasteiger partial charge in [0, 0.05) is 15.9 Å². The fourth-order valence-electron chi connectivity index (χ4n) is 1.36. The molecule has 1 N–H and O–H groups in total. The number of thioether (sulfide) groups is 1. The van der Waals surface area contributed by atoms with Crippen LogP contribution in [0.1, 0.15) is 5.56 Å². The Labute approximate surface area is 127 Å². The number of hydrogen-bond acceptors (Lipinski definition) is 6. The summed E-state index contributed by atoms with van der Waals surface area (Å²) >= 11 is 8.49. The van der Waals surface area contributed by atoms with Crippen molar-refractivity contribution in [3.05, 3.63) is 28.2 Å². The SMILES string of the molecule is CNCc1ccc(Sc2nnc(SC)s2)c(Br)c1. The van der Waals surface area contributed by atoms with E-state index in [1.165, 1.54) is 10.5 Å². The molecule has 3 nitrogen and oxygen atoms in total. The molecule has 2 rings (SSSR count). The van der Waals surface area contributed by atoms with Crippen LogP contribution in [0.3, 0.4) is 0 Å². The van der Waals surface area contributed by atoms with Gasteiger partial charge in [0.2, 0.25) is 0 Å². The highest BCUT2D eigenvalue weighted by molar-refractivity contribution is 9.10. The number of halogens is 1. The molecule has 18 heavy (non-hydrogen) atoms. The van der Waals surface area contributed by atoms with E-state index >= 15 is 0 Å². The van der Waals surface area contributed by atoms with Crippen LogP contribution >= 0.6 is 50.8 Å². The Balaban J connectivity index is 2.13. The summed E-state index contributed by atoms with van der Waals surface area (Å²) in [6.07, 6.45) is 2.01. The summed E-state index contributed by atoms with van der Waals surface area (Å²) in [5.74, 6) is 0. The highest BCUT2D eigenvalue weighted by atomic mass is 79.9. The summed E-state index contributed by atoms with van der Waals surface area (Å²) in [7, 11) is 1.95. The monoisotopic (exact) mass is 361 g/mol. The van der Waals surface area contributed by atoms with Gasteiger partial charge < -0.3 is 5.32 Å². The largest absolute Gasteiger partial charge is 0.316 e. The molecule has 0 aliphatic heterocycles. The van der Waals surface area contributed by atoms with Crippen molar-refractivity contribution < 1.29 is 0 Å². The van der Waals surface area contributed by atoms with Crippen LogP contribution in [0.2, 0.25) is 0 Å². The minimum atomic E-state index is 0.874. The van der Waals surface area contributed by atoms with E-state index in [1.54, 1.807) is 34.9 Å². The Kier molecular flexibility index (Phi) is 5.50. The van der Waals surface area contributed by atoms with Gasteiger partial charge in [0.25, 0.3) is 0 Å². The molecular formula is C11H12BrN3S3. The molecule has 0 radical (unpaired) electrons. The first-order valence-corrected chi connectivity index (χ1v) is 8.86. The van der Waals surface area contributed by atoms with Crippen LogP contribution in [0, 0.1) is 0 Å². The Morgan fingerprint density at radius 1 is 1.33 bits per heavy atom. The molecule has 0 bridgehead atoms. The van der Waals surface area contributed by atoms with Crippen LogP contribution in [-0.4, -0.2) is 23.5 Å². The molecule has 0 unspecified atom stereocenters. The van der Waals surface area contributed by atoms with Gasteiger partial charge in [-0.2, -0.15) is 0 Å². The van der Waals surface area contributed by atoms with E-state index in [-0.39, 0.29) is 0 Å². The van der Waals surface area contributed by atoms with Crippen LogP contribution in [0.5, 0.6) is 0 Å². The van der Waals surface area contributed by atoms with Crippen molar-refractivity contribution in [3.63, 3.8) is 0 Å². The summed E-state index contributed by atoms with van der Waals surface area (Å²) in [4.78, 5) is 1.17. The fraction of sp³-hybridized carbons (Fsp3) is 0.273. The number of benzene rings is 1. The van der Waals surface area contributed by atoms with Crippen LogP contribution in [0.15, 0.2) is 36.2 Å². The minimum absolute atomic E-state index is 0.874. The van der Waals surface area contributed by atoms with Gasteiger partial charge in [0.15, 0.2) is 8.68 Å². The molecule has 0 saturated heterocycles. The topological polar surface area (TPSA) is 37.8 Å². The predicted molar refractivity (Wildman–Crippen MR) is 82.7 cm³/mol. The van der Waals surface area contributed by atoms with E-state index in [2.05, 4.69) is 49.6 Å². The second-order valence-electron chi connectivity index (χ2n) is 3.44. The lowest BCUT2D eigenvalue weighted by molar-refractivity contribution is 0.816. The van der Waals surface area contributed by atoms with Crippen molar-refractivity contribution >= 4 is 50.8 Å². The average Bonchev–Trinajstić information content (AvgIpc) is 2.81. The second-order valence-corrected chi connectivity index (χ2v) is 7.61. The Morgan fingerprint density at radius 2 is 2.11 bits per heavy atom. The quantitative estimate of drug-likeness (QED) is 0.817. The van der Waals surface area contributed by atoms with Gasteiger partial charge in [-0.1, -0.05) is 40.9 Å². The van der Waals surface area contributed by atoms with E-state index in [0.29, 0.717) is 0 Å². The fourth-order valence-corrected chi connectivity index (χ4v) is 4.42. The summed E-state index contributed by atoms with van der Waals surface area (Å²) in [5.41, 5.74) is 1.26. The molecule has 0 amide bonds. The minimum Gasteiger partial charge on any atom is -0.316 e. The molecular weight excluding hydrogens is 350 g/mol. The normalized spacial score (nSPS) is 10.8. The van der Waals surface area contributed by atoms with Gasteiger partial charge >= 0.3 is 0 Å². The van der Waals surface area contributed by atoms with Crippen LogP contribution in [0.25, 0.3) is 0 Å². The average molecular weight is 362 g/mol. The maximum atomic E-state index is 4.16. The zero-order chi connectivity index (χ0) is 13.0. The molecule has 0 spiro atoms. The first-order chi connectivity index (χ1) is 8.72. The summed E-state index contributed by atoms with van der Waals surface area (Å²) in [5, 5.41) is 11.4. The molecule has 1 heterocycles. The highest BCUT2D eigenvalue weighted by Crippen LogP contribution is 2.36. The van der Waals surface area contributed by atoms with Gasteiger partial charge in [0.05, 0.1) is 0 Å². The van der Waals surface area contributed by atoms with Crippen molar-refractivity contribution in [3.8, 4) is 0 Å². The maximum Gasteiger partial charge on any atom is 0.179 e. The molecule has 2 aromatic rings. The zero-order valence-electron chi connectivity index (χ0n) is 9.94. The lowest BCUT2D eigenvalue weighted by Crippen LogP contribution is -2.04. The van der Waals surface area contributed by atoms with E-state index in [9.17, 15) is 0 Å². The predicted octanol–water partition coefficient (Wildman–Crippen LogP) is 3.89. The standard InChI is InChI=1S/C11H12BrN3S3/c1-13-6-7-3-4-9(8(12)5-7)17-11-15-14-10(16-2)18-11/h3-5,13H,6H2,1-2H3. The third-order valence-corrected chi connectivity index (χ3v) is 6.08. The van der Waals surface area contributed by atoms with Gasteiger partial charge in [0.1, 0.15) is 0 Å². The lowest BCUT2D eigenvalue weighted by atomic mass is 10.2. The molecule has 1 aromatic heterocycles. The van der Waals surface area contributed by atoms with Crippen molar-refractivity contribution in [2.45, 2.75) is 20.1 Å². The van der Waals surface area contributed by atoms with Crippen LogP contribution < -0.4 is 5.32 Å². The van der Waals surface area contributed by atoms with Gasteiger partial charge in [-0.25, -0.2) is 0 Å². The molecule has 7 heteroatoms. The number of nitrogens with one attached hydrogen (secondary N) is 1.